The molecule has 0 spiro atoms. The second-order valence-electron chi connectivity index (χ2n) is 1.84. The highest BCUT2D eigenvalue weighted by Gasteiger charge is 2.32. The first kappa shape index (κ1) is 11.3. The van der Waals surface area contributed by atoms with E-state index in [-0.39, 0.29) is 6.42 Å². The van der Waals surface area contributed by atoms with Gasteiger partial charge in [0.2, 0.25) is 3.79 Å². The van der Waals surface area contributed by atoms with Crippen LogP contribution in [-0.4, -0.2) is 28.1 Å². The van der Waals surface area contributed by atoms with Gasteiger partial charge in [0, 0.05) is 0 Å². The summed E-state index contributed by atoms with van der Waals surface area (Å²) in [5, 5.41) is 8.99. The van der Waals surface area contributed by atoms with Crippen molar-refractivity contribution in [2.45, 2.75) is 16.3 Å². The van der Waals surface area contributed by atoms with Crippen molar-refractivity contribution < 1.29 is 14.6 Å². The van der Waals surface area contributed by atoms with Crippen LogP contribution in [0.5, 0.6) is 0 Å². The molecule has 0 aliphatic rings. The van der Waals surface area contributed by atoms with Crippen molar-refractivity contribution in [2.24, 2.45) is 0 Å². The zero-order chi connectivity index (χ0) is 9.07. The molecule has 0 saturated heterocycles. The molecule has 0 bridgehead atoms. The predicted octanol–water partition coefficient (Wildman–Crippen LogP) is 1.28. The van der Waals surface area contributed by atoms with Gasteiger partial charge in [0.05, 0.1) is 13.5 Å². The zero-order valence-electron chi connectivity index (χ0n) is 5.68. The van der Waals surface area contributed by atoms with Crippen LogP contribution in [0, 0.1) is 0 Å². The minimum atomic E-state index is -1.84. The molecule has 0 aromatic heterocycles. The molecule has 0 unspecified atom stereocenters. The van der Waals surface area contributed by atoms with Crippen molar-refractivity contribution in [3.8, 4) is 0 Å². The molecule has 0 aliphatic carbocycles. The van der Waals surface area contributed by atoms with Gasteiger partial charge in [-0.05, 0) is 0 Å². The molecule has 3 nitrogen and oxygen atoms in total. The summed E-state index contributed by atoms with van der Waals surface area (Å²) in [4.78, 5) is 10.5. The van der Waals surface area contributed by atoms with Crippen LogP contribution in [0.4, 0.5) is 0 Å². The Morgan fingerprint density at radius 1 is 1.64 bits per heavy atom. The summed E-state index contributed by atoms with van der Waals surface area (Å²) in [5.74, 6) is -0.621. The fourth-order valence-corrected chi connectivity index (χ4v) is 0.588. The van der Waals surface area contributed by atoms with Gasteiger partial charge in [-0.1, -0.05) is 34.8 Å². The van der Waals surface area contributed by atoms with E-state index in [4.69, 9.17) is 39.9 Å². The maximum Gasteiger partial charge on any atom is 0.308 e. The topological polar surface area (TPSA) is 46.5 Å². The molecular weight excluding hydrogens is 214 g/mol. The van der Waals surface area contributed by atoms with Gasteiger partial charge in [0.1, 0.15) is 6.10 Å². The highest BCUT2D eigenvalue weighted by atomic mass is 35.6. The van der Waals surface area contributed by atoms with Gasteiger partial charge in [-0.2, -0.15) is 0 Å². The van der Waals surface area contributed by atoms with Crippen molar-refractivity contribution in [2.75, 3.05) is 7.11 Å². The van der Waals surface area contributed by atoms with Crippen molar-refractivity contribution in [3.05, 3.63) is 0 Å². The van der Waals surface area contributed by atoms with Gasteiger partial charge in [-0.15, -0.1) is 0 Å². The van der Waals surface area contributed by atoms with E-state index >= 15 is 0 Å². The first-order chi connectivity index (χ1) is 4.88. The molecule has 66 valence electrons. The summed E-state index contributed by atoms with van der Waals surface area (Å²) in [6.07, 6.45) is -1.66. The normalized spacial score (nSPS) is 14.3. The zero-order valence-corrected chi connectivity index (χ0v) is 7.95. The van der Waals surface area contributed by atoms with Gasteiger partial charge >= 0.3 is 5.97 Å². The second-order valence-corrected chi connectivity index (χ2v) is 4.21. The SMILES string of the molecule is COC(=O)C[C@H](O)C(Cl)(Cl)Cl. The van der Waals surface area contributed by atoms with E-state index in [0.717, 1.165) is 0 Å². The number of halogens is 3. The van der Waals surface area contributed by atoms with Gasteiger partial charge in [-0.3, -0.25) is 4.79 Å². The third-order valence-corrected chi connectivity index (χ3v) is 1.72. The number of aliphatic hydroxyl groups excluding tert-OH is 1. The largest absolute Gasteiger partial charge is 0.469 e. The van der Waals surface area contributed by atoms with Crippen LogP contribution in [0.25, 0.3) is 0 Å². The smallest absolute Gasteiger partial charge is 0.308 e. The average Bonchev–Trinajstić information content (AvgIpc) is 1.85. The summed E-state index contributed by atoms with van der Waals surface area (Å²) in [6.45, 7) is 0. The Kier molecular flexibility index (Phi) is 4.48. The number of methoxy groups -OCH3 is 1. The average molecular weight is 221 g/mol. The summed E-state index contributed by atoms with van der Waals surface area (Å²) in [6, 6.07) is 0. The second kappa shape index (κ2) is 4.36. The molecule has 0 aromatic rings. The van der Waals surface area contributed by atoms with Crippen molar-refractivity contribution >= 4 is 40.8 Å². The number of carbonyl (C=O) groups excluding carboxylic acids is 1. The van der Waals surface area contributed by atoms with E-state index in [0.29, 0.717) is 0 Å². The summed E-state index contributed by atoms with van der Waals surface area (Å²) < 4.78 is 2.40. The number of esters is 1. The third kappa shape index (κ3) is 4.69. The van der Waals surface area contributed by atoms with E-state index in [2.05, 4.69) is 4.74 Å². The molecule has 0 heterocycles. The van der Waals surface area contributed by atoms with Crippen molar-refractivity contribution in [1.82, 2.24) is 0 Å². The molecule has 0 fully saturated rings. The molecule has 0 radical (unpaired) electrons. The molecule has 0 saturated carbocycles. The number of hydrogen-bond acceptors (Lipinski definition) is 3. The third-order valence-electron chi connectivity index (χ3n) is 0.966. The van der Waals surface area contributed by atoms with Gasteiger partial charge in [0.25, 0.3) is 0 Å². The summed E-state index contributed by atoms with van der Waals surface area (Å²) >= 11 is 15.8. The van der Waals surface area contributed by atoms with Crippen molar-refractivity contribution in [3.63, 3.8) is 0 Å². The van der Waals surface area contributed by atoms with Crippen LogP contribution in [-0.2, 0) is 9.53 Å². The lowest BCUT2D eigenvalue weighted by atomic mass is 10.3. The van der Waals surface area contributed by atoms with Gasteiger partial charge < -0.3 is 9.84 Å². The number of rotatable bonds is 2. The number of hydrogen-bond donors (Lipinski definition) is 1. The minimum absolute atomic E-state index is 0.326. The quantitative estimate of drug-likeness (QED) is 0.564. The Balaban J connectivity index is 3.87. The molecule has 1 atom stereocenters. The van der Waals surface area contributed by atoms with E-state index in [1.54, 1.807) is 0 Å². The first-order valence-corrected chi connectivity index (χ1v) is 3.83. The number of ether oxygens (including phenoxy) is 1. The number of alkyl halides is 3. The molecule has 0 rings (SSSR count). The van der Waals surface area contributed by atoms with Crippen LogP contribution in [0.1, 0.15) is 6.42 Å². The maximum absolute atomic E-state index is 10.5. The molecule has 6 heteroatoms. The van der Waals surface area contributed by atoms with E-state index in [9.17, 15) is 4.79 Å². The maximum atomic E-state index is 10.5. The lowest BCUT2D eigenvalue weighted by Crippen LogP contribution is -2.28. The molecular formula is C5H7Cl3O3. The number of aliphatic hydroxyl groups is 1. The van der Waals surface area contributed by atoms with Crippen molar-refractivity contribution in [1.29, 1.82) is 0 Å². The van der Waals surface area contributed by atoms with E-state index in [1.807, 2.05) is 0 Å². The predicted molar refractivity (Wildman–Crippen MR) is 42.9 cm³/mol. The Morgan fingerprint density at radius 3 is 2.36 bits per heavy atom. The monoisotopic (exact) mass is 220 g/mol. The first-order valence-electron chi connectivity index (χ1n) is 2.69. The fourth-order valence-electron chi connectivity index (χ4n) is 0.357. The molecule has 0 amide bonds. The van der Waals surface area contributed by atoms with E-state index < -0.39 is 15.9 Å². The van der Waals surface area contributed by atoms with Crippen LogP contribution < -0.4 is 0 Å². The summed E-state index contributed by atoms with van der Waals surface area (Å²) in [7, 11) is 1.19. The Morgan fingerprint density at radius 2 is 2.09 bits per heavy atom. The standard InChI is InChI=1S/C5H7Cl3O3/c1-11-4(10)2-3(9)5(6,7)8/h3,9H,2H2,1H3/t3-/m0/s1. The number of carbonyl (C=O) groups is 1. The van der Waals surface area contributed by atoms with Gasteiger partial charge in [-0.25, -0.2) is 0 Å². The molecule has 0 aliphatic heterocycles. The Hall–Kier alpha value is 0.300. The molecule has 11 heavy (non-hydrogen) atoms. The van der Waals surface area contributed by atoms with Crippen LogP contribution in [0.15, 0.2) is 0 Å². The molecule has 1 N–H and O–H groups in total. The lowest BCUT2D eigenvalue weighted by Gasteiger charge is -2.16. The minimum Gasteiger partial charge on any atom is -0.469 e. The summed E-state index contributed by atoms with van der Waals surface area (Å²) in [5.41, 5.74) is 0. The molecule has 0 aromatic carbocycles. The lowest BCUT2D eigenvalue weighted by molar-refractivity contribution is -0.142. The van der Waals surface area contributed by atoms with Gasteiger partial charge in [0.15, 0.2) is 0 Å². The fraction of sp³-hybridized carbons (Fsp3) is 0.800. The Labute approximate surface area is 79.2 Å². The van der Waals surface area contributed by atoms with E-state index in [1.165, 1.54) is 7.11 Å². The van der Waals surface area contributed by atoms with Crippen LogP contribution >= 0.6 is 34.8 Å². The highest BCUT2D eigenvalue weighted by Crippen LogP contribution is 2.31. The highest BCUT2D eigenvalue weighted by molar-refractivity contribution is 6.68. The van der Waals surface area contributed by atoms with Crippen LogP contribution in [0.3, 0.4) is 0 Å². The van der Waals surface area contributed by atoms with Crippen LogP contribution in [0.2, 0.25) is 0 Å². The Bertz CT molecular complexity index is 142.